The average molecular weight is 401 g/mol. The summed E-state index contributed by atoms with van der Waals surface area (Å²) in [5.41, 5.74) is 10.6. The molecule has 1 fully saturated rings. The van der Waals surface area contributed by atoms with Crippen LogP contribution in [0.15, 0.2) is 72.8 Å². The molecule has 0 saturated heterocycles. The third-order valence-corrected chi connectivity index (χ3v) is 5.10. The fraction of sp³-hybridized carbons (Fsp3) is 0.160. The van der Waals surface area contributed by atoms with Crippen molar-refractivity contribution in [1.82, 2.24) is 5.32 Å². The van der Waals surface area contributed by atoms with Crippen molar-refractivity contribution in [2.24, 2.45) is 0 Å². The lowest BCUT2D eigenvalue weighted by molar-refractivity contribution is 0.102. The molecule has 0 unspecified atom stereocenters. The van der Waals surface area contributed by atoms with Crippen molar-refractivity contribution in [3.05, 3.63) is 95.3 Å². The van der Waals surface area contributed by atoms with Crippen LogP contribution in [0.1, 0.15) is 34.3 Å². The number of nitrogens with one attached hydrogen (secondary N) is 2. The molecule has 0 bridgehead atoms. The summed E-state index contributed by atoms with van der Waals surface area (Å²) < 4.78 is 13.3. The fourth-order valence-electron chi connectivity index (χ4n) is 3.18. The first-order chi connectivity index (χ1) is 14.6. The molecule has 152 valence electrons. The van der Waals surface area contributed by atoms with Gasteiger partial charge in [0.25, 0.3) is 5.91 Å². The van der Waals surface area contributed by atoms with Gasteiger partial charge in [-0.3, -0.25) is 4.79 Å². The molecular formula is C25H24FN3O. The molecule has 30 heavy (non-hydrogen) atoms. The summed E-state index contributed by atoms with van der Waals surface area (Å²) in [7, 11) is 0. The van der Waals surface area contributed by atoms with E-state index in [1.54, 1.807) is 36.4 Å². The number of rotatable bonds is 7. The fourth-order valence-corrected chi connectivity index (χ4v) is 3.18. The van der Waals surface area contributed by atoms with Gasteiger partial charge in [0.05, 0.1) is 11.4 Å². The van der Waals surface area contributed by atoms with Crippen LogP contribution < -0.4 is 16.4 Å². The minimum Gasteiger partial charge on any atom is -0.397 e. The molecule has 3 aromatic rings. The lowest BCUT2D eigenvalue weighted by Gasteiger charge is -2.11. The van der Waals surface area contributed by atoms with Crippen molar-refractivity contribution in [3.8, 4) is 0 Å². The average Bonchev–Trinajstić information content (AvgIpc) is 3.58. The van der Waals surface area contributed by atoms with Crippen molar-refractivity contribution in [3.63, 3.8) is 0 Å². The Morgan fingerprint density at radius 2 is 1.63 bits per heavy atom. The number of carbonyl (C=O) groups excluding carboxylic acids is 1. The zero-order valence-electron chi connectivity index (χ0n) is 16.6. The largest absolute Gasteiger partial charge is 0.397 e. The van der Waals surface area contributed by atoms with Crippen molar-refractivity contribution >= 4 is 28.9 Å². The van der Waals surface area contributed by atoms with Crippen LogP contribution in [-0.4, -0.2) is 18.5 Å². The molecular weight excluding hydrogens is 377 g/mol. The number of para-hydroxylation sites is 2. The highest BCUT2D eigenvalue weighted by Crippen LogP contribution is 2.23. The number of anilines is 2. The molecule has 0 atom stereocenters. The van der Waals surface area contributed by atoms with E-state index in [-0.39, 0.29) is 11.7 Å². The summed E-state index contributed by atoms with van der Waals surface area (Å²) in [6, 6.07) is 21.7. The third kappa shape index (κ3) is 5.13. The number of hydrogen-bond acceptors (Lipinski definition) is 3. The highest BCUT2D eigenvalue weighted by atomic mass is 19.1. The van der Waals surface area contributed by atoms with E-state index >= 15 is 0 Å². The first kappa shape index (κ1) is 19.9. The van der Waals surface area contributed by atoms with Gasteiger partial charge in [0, 0.05) is 18.2 Å². The topological polar surface area (TPSA) is 67.1 Å². The Kier molecular flexibility index (Phi) is 5.91. The van der Waals surface area contributed by atoms with Gasteiger partial charge in [0.15, 0.2) is 0 Å². The van der Waals surface area contributed by atoms with E-state index in [1.165, 1.54) is 25.0 Å². The maximum atomic E-state index is 13.3. The smallest absolute Gasteiger partial charge is 0.255 e. The van der Waals surface area contributed by atoms with E-state index in [9.17, 15) is 9.18 Å². The summed E-state index contributed by atoms with van der Waals surface area (Å²) in [5, 5.41) is 6.35. The molecule has 5 heteroatoms. The molecule has 3 aromatic carbocycles. The van der Waals surface area contributed by atoms with E-state index in [0.717, 1.165) is 16.7 Å². The van der Waals surface area contributed by atoms with E-state index in [4.69, 9.17) is 5.73 Å². The highest BCUT2D eigenvalue weighted by molar-refractivity contribution is 6.05. The maximum Gasteiger partial charge on any atom is 0.255 e. The van der Waals surface area contributed by atoms with Gasteiger partial charge in [0.1, 0.15) is 5.82 Å². The van der Waals surface area contributed by atoms with Gasteiger partial charge < -0.3 is 16.4 Å². The van der Waals surface area contributed by atoms with Gasteiger partial charge in [-0.15, -0.1) is 0 Å². The van der Waals surface area contributed by atoms with Crippen molar-refractivity contribution in [2.75, 3.05) is 17.6 Å². The second kappa shape index (κ2) is 8.93. The molecule has 0 aliphatic heterocycles. The summed E-state index contributed by atoms with van der Waals surface area (Å²) >= 11 is 0. The number of hydrogen-bond donors (Lipinski definition) is 3. The summed E-state index contributed by atoms with van der Waals surface area (Å²) in [4.78, 5) is 12.5. The van der Waals surface area contributed by atoms with Gasteiger partial charge in [-0.2, -0.15) is 0 Å². The van der Waals surface area contributed by atoms with Crippen LogP contribution in [0, 0.1) is 5.82 Å². The molecule has 0 aromatic heterocycles. The van der Waals surface area contributed by atoms with Crippen molar-refractivity contribution in [1.29, 1.82) is 0 Å². The molecule has 1 aliphatic rings. The molecule has 0 spiro atoms. The molecule has 1 aliphatic carbocycles. The van der Waals surface area contributed by atoms with Crippen molar-refractivity contribution < 1.29 is 9.18 Å². The van der Waals surface area contributed by atoms with E-state index in [1.807, 2.05) is 24.3 Å². The summed E-state index contributed by atoms with van der Waals surface area (Å²) in [6.45, 7) is 0.714. The molecule has 1 amide bonds. The maximum absolute atomic E-state index is 13.3. The van der Waals surface area contributed by atoms with Gasteiger partial charge in [-0.1, -0.05) is 36.4 Å². The standard InChI is InChI=1S/C25H24FN3O/c26-21-11-9-18(10-12-21)20(16-28-22-13-14-22)15-17-5-7-19(8-6-17)25(30)29-24-4-2-1-3-23(24)27/h1-12,15,22,28H,13-14,16,27H2,(H,29,30)/b20-15+. The highest BCUT2D eigenvalue weighted by Gasteiger charge is 2.20. The second-order valence-corrected chi connectivity index (χ2v) is 7.50. The molecule has 0 heterocycles. The van der Waals surface area contributed by atoms with Crippen LogP contribution in [-0.2, 0) is 0 Å². The first-order valence-corrected chi connectivity index (χ1v) is 10.0. The Morgan fingerprint density at radius 1 is 0.967 bits per heavy atom. The van der Waals surface area contributed by atoms with Gasteiger partial charge >= 0.3 is 0 Å². The normalized spacial score (nSPS) is 13.8. The second-order valence-electron chi connectivity index (χ2n) is 7.50. The van der Waals surface area contributed by atoms with Crippen LogP contribution in [0.5, 0.6) is 0 Å². The van der Waals surface area contributed by atoms with E-state index in [0.29, 0.717) is 29.5 Å². The molecule has 4 rings (SSSR count). The first-order valence-electron chi connectivity index (χ1n) is 10.0. The quantitative estimate of drug-likeness (QED) is 0.387. The molecule has 4 nitrogen and oxygen atoms in total. The van der Waals surface area contributed by atoms with E-state index < -0.39 is 0 Å². The Morgan fingerprint density at radius 3 is 2.30 bits per heavy atom. The minimum atomic E-state index is -0.248. The Labute approximate surface area is 175 Å². The zero-order valence-corrected chi connectivity index (χ0v) is 16.6. The minimum absolute atomic E-state index is 0.211. The van der Waals surface area contributed by atoms with Gasteiger partial charge in [-0.25, -0.2) is 4.39 Å². The van der Waals surface area contributed by atoms with Crippen LogP contribution in [0.4, 0.5) is 15.8 Å². The number of nitrogens with two attached hydrogens (primary N) is 1. The zero-order chi connectivity index (χ0) is 20.9. The van der Waals surface area contributed by atoms with Gasteiger partial charge in [-0.05, 0) is 72.0 Å². The number of halogens is 1. The Hall–Kier alpha value is -3.44. The summed E-state index contributed by atoms with van der Waals surface area (Å²) in [6.07, 6.45) is 4.47. The van der Waals surface area contributed by atoms with Gasteiger partial charge in [0.2, 0.25) is 0 Å². The lowest BCUT2D eigenvalue weighted by atomic mass is 10.0. The van der Waals surface area contributed by atoms with Crippen LogP contribution in [0.25, 0.3) is 11.6 Å². The molecule has 4 N–H and O–H groups in total. The SMILES string of the molecule is Nc1ccccc1NC(=O)c1ccc(/C=C(\CNC2CC2)c2ccc(F)cc2)cc1. The third-order valence-electron chi connectivity index (χ3n) is 5.10. The van der Waals surface area contributed by atoms with Crippen LogP contribution >= 0.6 is 0 Å². The number of carbonyl (C=O) groups is 1. The number of nitrogen functional groups attached to an aromatic ring is 1. The predicted octanol–water partition coefficient (Wildman–Crippen LogP) is 4.95. The van der Waals surface area contributed by atoms with Crippen molar-refractivity contribution in [2.45, 2.75) is 18.9 Å². The lowest BCUT2D eigenvalue weighted by Crippen LogP contribution is -2.18. The Bertz CT molecular complexity index is 1050. The number of benzene rings is 3. The monoisotopic (exact) mass is 401 g/mol. The molecule has 1 saturated carbocycles. The molecule has 0 radical (unpaired) electrons. The predicted molar refractivity (Wildman–Crippen MR) is 121 cm³/mol. The Balaban J connectivity index is 1.51. The van der Waals surface area contributed by atoms with Crippen LogP contribution in [0.3, 0.4) is 0 Å². The van der Waals surface area contributed by atoms with Crippen LogP contribution in [0.2, 0.25) is 0 Å². The summed E-state index contributed by atoms with van der Waals surface area (Å²) in [5.74, 6) is -0.458. The number of amides is 1. The van der Waals surface area contributed by atoms with E-state index in [2.05, 4.69) is 16.7 Å².